The van der Waals surface area contributed by atoms with Gasteiger partial charge in [-0.1, -0.05) is 12.2 Å². The first-order chi connectivity index (χ1) is 9.45. The number of piperidine rings is 1. The third-order valence-corrected chi connectivity index (χ3v) is 5.36. The van der Waals surface area contributed by atoms with Crippen LogP contribution in [-0.4, -0.2) is 49.0 Å². The minimum atomic E-state index is -3.54. The summed E-state index contributed by atoms with van der Waals surface area (Å²) in [7, 11) is -1.94. The maximum atomic E-state index is 12.5. The van der Waals surface area contributed by atoms with E-state index in [0.717, 1.165) is 12.8 Å². The van der Waals surface area contributed by atoms with Gasteiger partial charge in [-0.25, -0.2) is 8.42 Å². The average molecular weight is 315 g/mol. The highest BCUT2D eigenvalue weighted by atomic mass is 32.2. The Balaban J connectivity index is 2.23. The van der Waals surface area contributed by atoms with Gasteiger partial charge in [0, 0.05) is 26.4 Å². The van der Waals surface area contributed by atoms with E-state index in [-0.39, 0.29) is 16.0 Å². The van der Waals surface area contributed by atoms with Crippen LogP contribution in [0, 0.1) is 0 Å². The summed E-state index contributed by atoms with van der Waals surface area (Å²) in [5, 5.41) is 0. The number of nitrogens with zero attached hydrogens (tertiary/aromatic N) is 2. The van der Waals surface area contributed by atoms with Gasteiger partial charge in [-0.05, 0) is 25.0 Å². The summed E-state index contributed by atoms with van der Waals surface area (Å²) in [5.74, 6) is 0. The normalized spacial score (nSPS) is 20.8. The maximum absolute atomic E-state index is 12.5. The van der Waals surface area contributed by atoms with E-state index in [9.17, 15) is 8.42 Å². The number of hydrogen-bond donors (Lipinski definition) is 1. The lowest BCUT2D eigenvalue weighted by Crippen LogP contribution is -2.42. The summed E-state index contributed by atoms with van der Waals surface area (Å²) in [4.78, 5) is 4.27. The van der Waals surface area contributed by atoms with Gasteiger partial charge in [-0.3, -0.25) is 4.98 Å². The zero-order valence-corrected chi connectivity index (χ0v) is 12.8. The number of thiocarbonyl (C=S) groups is 1. The number of methoxy groups -OCH3 is 1. The van der Waals surface area contributed by atoms with E-state index in [2.05, 4.69) is 4.98 Å². The van der Waals surface area contributed by atoms with Gasteiger partial charge in [0.05, 0.1) is 11.8 Å². The molecular formula is C12H17N3O3S2. The van der Waals surface area contributed by atoms with E-state index in [1.807, 2.05) is 0 Å². The number of aromatic nitrogens is 1. The zero-order valence-electron chi connectivity index (χ0n) is 11.2. The number of nitrogens with two attached hydrogens (primary N) is 1. The highest BCUT2D eigenvalue weighted by Crippen LogP contribution is 2.21. The minimum Gasteiger partial charge on any atom is -0.388 e. The van der Waals surface area contributed by atoms with Gasteiger partial charge in [0.1, 0.15) is 9.88 Å². The van der Waals surface area contributed by atoms with Crippen LogP contribution >= 0.6 is 12.2 Å². The predicted octanol–water partition coefficient (Wildman–Crippen LogP) is 0.515. The van der Waals surface area contributed by atoms with Crippen molar-refractivity contribution in [2.24, 2.45) is 5.73 Å². The maximum Gasteiger partial charge on any atom is 0.244 e. The van der Waals surface area contributed by atoms with Crippen molar-refractivity contribution in [3.05, 3.63) is 24.0 Å². The third kappa shape index (κ3) is 3.14. The molecule has 1 atom stereocenters. The molecule has 0 aromatic carbocycles. The topological polar surface area (TPSA) is 85.5 Å². The van der Waals surface area contributed by atoms with Crippen molar-refractivity contribution < 1.29 is 13.2 Å². The van der Waals surface area contributed by atoms with Crippen molar-refractivity contribution in [1.82, 2.24) is 9.29 Å². The second-order valence-corrected chi connectivity index (χ2v) is 6.98. The van der Waals surface area contributed by atoms with Crippen LogP contribution in [0.1, 0.15) is 18.5 Å². The molecule has 1 unspecified atom stereocenters. The molecule has 8 heteroatoms. The molecule has 0 saturated carbocycles. The average Bonchev–Trinajstić information content (AvgIpc) is 2.47. The van der Waals surface area contributed by atoms with E-state index in [0.29, 0.717) is 18.8 Å². The largest absolute Gasteiger partial charge is 0.388 e. The highest BCUT2D eigenvalue weighted by Gasteiger charge is 2.30. The monoisotopic (exact) mass is 315 g/mol. The lowest BCUT2D eigenvalue weighted by molar-refractivity contribution is 0.0572. The quantitative estimate of drug-likeness (QED) is 0.815. The SMILES string of the molecule is COC1CCCN(S(=O)(=O)c2ccc(C(N)=S)nc2)C1. The molecule has 2 rings (SSSR count). The van der Waals surface area contributed by atoms with Gasteiger partial charge in [-0.15, -0.1) is 0 Å². The summed E-state index contributed by atoms with van der Waals surface area (Å²) >= 11 is 4.79. The fourth-order valence-corrected chi connectivity index (χ4v) is 3.72. The van der Waals surface area contributed by atoms with Crippen molar-refractivity contribution in [3.8, 4) is 0 Å². The van der Waals surface area contributed by atoms with Crippen LogP contribution in [0.5, 0.6) is 0 Å². The Morgan fingerprint density at radius 3 is 2.85 bits per heavy atom. The van der Waals surface area contributed by atoms with Gasteiger partial charge in [0.15, 0.2) is 0 Å². The Morgan fingerprint density at radius 2 is 2.30 bits per heavy atom. The second-order valence-electron chi connectivity index (χ2n) is 4.61. The molecule has 1 aliphatic rings. The summed E-state index contributed by atoms with van der Waals surface area (Å²) in [5.41, 5.74) is 5.85. The van der Waals surface area contributed by atoms with Crippen LogP contribution in [-0.2, 0) is 14.8 Å². The Hall–Kier alpha value is -1.09. The molecule has 20 heavy (non-hydrogen) atoms. The number of ether oxygens (including phenoxy) is 1. The number of sulfonamides is 1. The lowest BCUT2D eigenvalue weighted by atomic mass is 10.1. The molecule has 0 amide bonds. The van der Waals surface area contributed by atoms with Gasteiger partial charge in [-0.2, -0.15) is 4.31 Å². The number of hydrogen-bond acceptors (Lipinski definition) is 5. The first kappa shape index (κ1) is 15.3. The third-order valence-electron chi connectivity index (χ3n) is 3.30. The van der Waals surface area contributed by atoms with Crippen molar-refractivity contribution in [1.29, 1.82) is 0 Å². The van der Waals surface area contributed by atoms with E-state index in [1.54, 1.807) is 7.11 Å². The van der Waals surface area contributed by atoms with Crippen molar-refractivity contribution in [2.45, 2.75) is 23.8 Å². The minimum absolute atomic E-state index is 0.0534. The van der Waals surface area contributed by atoms with Gasteiger partial charge in [0.25, 0.3) is 0 Å². The van der Waals surface area contributed by atoms with E-state index < -0.39 is 10.0 Å². The predicted molar refractivity (Wildman–Crippen MR) is 78.9 cm³/mol. The molecule has 2 heterocycles. The van der Waals surface area contributed by atoms with Crippen molar-refractivity contribution in [3.63, 3.8) is 0 Å². The molecule has 1 saturated heterocycles. The fourth-order valence-electron chi connectivity index (χ4n) is 2.14. The molecule has 2 N–H and O–H groups in total. The van der Waals surface area contributed by atoms with Crippen LogP contribution in [0.2, 0.25) is 0 Å². The van der Waals surface area contributed by atoms with E-state index in [4.69, 9.17) is 22.7 Å². The molecule has 6 nitrogen and oxygen atoms in total. The Kier molecular flexibility index (Phi) is 4.69. The Labute approximate surface area is 124 Å². The van der Waals surface area contributed by atoms with Crippen molar-refractivity contribution in [2.75, 3.05) is 20.2 Å². The van der Waals surface area contributed by atoms with E-state index >= 15 is 0 Å². The molecule has 1 aliphatic heterocycles. The molecule has 0 aliphatic carbocycles. The Morgan fingerprint density at radius 1 is 1.55 bits per heavy atom. The lowest BCUT2D eigenvalue weighted by Gasteiger charge is -2.30. The Bertz CT molecular complexity index is 586. The summed E-state index contributed by atoms with van der Waals surface area (Å²) in [6.07, 6.45) is 2.90. The molecule has 110 valence electrons. The molecule has 1 fully saturated rings. The van der Waals surface area contributed by atoms with Crippen LogP contribution in [0.25, 0.3) is 0 Å². The standard InChI is InChI=1S/C12H17N3O3S2/c1-18-9-3-2-6-15(8-9)20(16,17)10-4-5-11(12(13)19)14-7-10/h4-5,7,9H,2-3,6,8H2,1H3,(H2,13,19). The van der Waals surface area contributed by atoms with Crippen LogP contribution in [0.4, 0.5) is 0 Å². The van der Waals surface area contributed by atoms with Gasteiger partial charge < -0.3 is 10.5 Å². The van der Waals surface area contributed by atoms with Crippen LogP contribution < -0.4 is 5.73 Å². The first-order valence-electron chi connectivity index (χ1n) is 6.24. The molecular weight excluding hydrogens is 298 g/mol. The molecule has 0 spiro atoms. The van der Waals surface area contributed by atoms with Crippen molar-refractivity contribution >= 4 is 27.2 Å². The summed E-state index contributed by atoms with van der Waals surface area (Å²) in [6, 6.07) is 3.00. The first-order valence-corrected chi connectivity index (χ1v) is 8.09. The summed E-state index contributed by atoms with van der Waals surface area (Å²) in [6.45, 7) is 0.870. The smallest absolute Gasteiger partial charge is 0.244 e. The fraction of sp³-hybridized carbons (Fsp3) is 0.500. The zero-order chi connectivity index (χ0) is 14.8. The summed E-state index contributed by atoms with van der Waals surface area (Å²) < 4.78 is 31.7. The van der Waals surface area contributed by atoms with Gasteiger partial charge >= 0.3 is 0 Å². The molecule has 1 aromatic heterocycles. The molecule has 1 aromatic rings. The van der Waals surface area contributed by atoms with Crippen LogP contribution in [0.3, 0.4) is 0 Å². The molecule has 0 radical (unpaired) electrons. The second kappa shape index (κ2) is 6.13. The van der Waals surface area contributed by atoms with Crippen LogP contribution in [0.15, 0.2) is 23.2 Å². The van der Waals surface area contributed by atoms with E-state index in [1.165, 1.54) is 22.6 Å². The number of pyridine rings is 1. The number of rotatable bonds is 4. The molecule has 0 bridgehead atoms. The highest BCUT2D eigenvalue weighted by molar-refractivity contribution is 7.89. The van der Waals surface area contributed by atoms with Gasteiger partial charge in [0.2, 0.25) is 10.0 Å².